The lowest BCUT2D eigenvalue weighted by molar-refractivity contribution is -0.138. The van der Waals surface area contributed by atoms with E-state index in [0.29, 0.717) is 23.7 Å². The van der Waals surface area contributed by atoms with Crippen molar-refractivity contribution in [2.24, 2.45) is 5.92 Å². The van der Waals surface area contributed by atoms with E-state index in [1.807, 2.05) is 24.3 Å². The summed E-state index contributed by atoms with van der Waals surface area (Å²) in [6.45, 7) is 2.59. The zero-order valence-corrected chi connectivity index (χ0v) is 15.1. The van der Waals surface area contributed by atoms with Crippen LogP contribution in [0.4, 0.5) is 0 Å². The molecular weight excluding hydrogens is 347 g/mol. The zero-order chi connectivity index (χ0) is 15.8. The van der Waals surface area contributed by atoms with E-state index < -0.39 is 0 Å². The normalized spacial score (nSPS) is 32.3. The Balaban J connectivity index is 0.00000169. The third-order valence-electron chi connectivity index (χ3n) is 5.45. The molecule has 3 N–H and O–H groups in total. The van der Waals surface area contributed by atoms with Crippen molar-refractivity contribution < 1.29 is 4.79 Å². The standard InChI is InChI=1S/C17H23ClN4O.ClH/c18-15-4-2-1-3-13(15)16-14(10-20-21-16)17(23)22-11-5-6-12(22)9-19-8-7-11;/h1-4,11-12,14,16,19-21H,5-10H2;1H. The van der Waals surface area contributed by atoms with Gasteiger partial charge in [0.25, 0.3) is 0 Å². The van der Waals surface area contributed by atoms with Gasteiger partial charge in [-0.15, -0.1) is 12.4 Å². The topological polar surface area (TPSA) is 56.4 Å². The highest BCUT2D eigenvalue weighted by molar-refractivity contribution is 6.31. The van der Waals surface area contributed by atoms with Gasteiger partial charge in [-0.25, -0.2) is 5.43 Å². The van der Waals surface area contributed by atoms with Crippen LogP contribution in [-0.2, 0) is 4.79 Å². The lowest BCUT2D eigenvalue weighted by atomic mass is 9.93. The lowest BCUT2D eigenvalue weighted by Crippen LogP contribution is -2.47. The molecule has 3 aliphatic heterocycles. The Labute approximate surface area is 153 Å². The molecule has 132 valence electrons. The molecule has 4 unspecified atom stereocenters. The van der Waals surface area contributed by atoms with Crippen LogP contribution in [0.1, 0.15) is 30.9 Å². The fraction of sp³-hybridized carbons (Fsp3) is 0.588. The van der Waals surface area contributed by atoms with E-state index in [2.05, 4.69) is 21.1 Å². The quantitative estimate of drug-likeness (QED) is 0.743. The summed E-state index contributed by atoms with van der Waals surface area (Å²) in [6, 6.07) is 8.47. The summed E-state index contributed by atoms with van der Waals surface area (Å²) in [5.74, 6) is 0.166. The second kappa shape index (κ2) is 7.58. The van der Waals surface area contributed by atoms with Crippen LogP contribution < -0.4 is 16.2 Å². The van der Waals surface area contributed by atoms with Crippen molar-refractivity contribution in [2.45, 2.75) is 37.4 Å². The highest BCUT2D eigenvalue weighted by Crippen LogP contribution is 2.35. The van der Waals surface area contributed by atoms with Crippen LogP contribution in [0.25, 0.3) is 0 Å². The van der Waals surface area contributed by atoms with Crippen LogP contribution in [0.2, 0.25) is 5.02 Å². The molecule has 0 saturated carbocycles. The molecule has 4 rings (SSSR count). The van der Waals surface area contributed by atoms with Crippen LogP contribution in [0.3, 0.4) is 0 Å². The molecule has 2 bridgehead atoms. The summed E-state index contributed by atoms with van der Waals surface area (Å²) in [7, 11) is 0. The molecular formula is C17H24Cl2N4O. The van der Waals surface area contributed by atoms with E-state index in [0.717, 1.165) is 37.9 Å². The van der Waals surface area contributed by atoms with Crippen LogP contribution in [0.15, 0.2) is 24.3 Å². The average molecular weight is 371 g/mol. The molecule has 1 amide bonds. The monoisotopic (exact) mass is 370 g/mol. The molecule has 0 aromatic heterocycles. The van der Waals surface area contributed by atoms with Gasteiger partial charge in [0.05, 0.1) is 12.0 Å². The molecule has 1 aromatic carbocycles. The van der Waals surface area contributed by atoms with Crippen LogP contribution in [0.5, 0.6) is 0 Å². The van der Waals surface area contributed by atoms with Crippen molar-refractivity contribution in [2.75, 3.05) is 19.6 Å². The van der Waals surface area contributed by atoms with Crippen molar-refractivity contribution in [3.8, 4) is 0 Å². The number of hydrogen-bond acceptors (Lipinski definition) is 4. The number of nitrogens with zero attached hydrogens (tertiary/aromatic N) is 1. The SMILES string of the molecule is Cl.O=C(C1CNNC1c1ccccc1Cl)N1C2CCNCC1CC2. The second-order valence-corrected chi connectivity index (χ2v) is 7.16. The summed E-state index contributed by atoms with van der Waals surface area (Å²) in [4.78, 5) is 15.5. The Kier molecular flexibility index (Phi) is 5.67. The first-order valence-corrected chi connectivity index (χ1v) is 8.89. The third-order valence-corrected chi connectivity index (χ3v) is 5.79. The number of nitrogens with one attached hydrogen (secondary N) is 3. The fourth-order valence-electron chi connectivity index (χ4n) is 4.28. The summed E-state index contributed by atoms with van der Waals surface area (Å²) in [5.41, 5.74) is 7.41. The lowest BCUT2D eigenvalue weighted by Gasteiger charge is -2.32. The minimum Gasteiger partial charge on any atom is -0.335 e. The molecule has 4 atom stereocenters. The molecule has 5 nitrogen and oxygen atoms in total. The van der Waals surface area contributed by atoms with E-state index in [4.69, 9.17) is 11.6 Å². The van der Waals surface area contributed by atoms with Gasteiger partial charge < -0.3 is 10.2 Å². The molecule has 3 fully saturated rings. The van der Waals surface area contributed by atoms with Gasteiger partial charge in [-0.05, 0) is 37.4 Å². The first-order valence-electron chi connectivity index (χ1n) is 8.51. The molecule has 0 aliphatic carbocycles. The van der Waals surface area contributed by atoms with Crippen LogP contribution in [-0.4, -0.2) is 42.5 Å². The fourth-order valence-corrected chi connectivity index (χ4v) is 4.54. The van der Waals surface area contributed by atoms with E-state index in [1.54, 1.807) is 0 Å². The van der Waals surface area contributed by atoms with Crippen molar-refractivity contribution >= 4 is 29.9 Å². The van der Waals surface area contributed by atoms with Gasteiger partial charge in [-0.1, -0.05) is 29.8 Å². The first-order chi connectivity index (χ1) is 11.3. The highest BCUT2D eigenvalue weighted by atomic mass is 35.5. The van der Waals surface area contributed by atoms with E-state index in [1.165, 1.54) is 0 Å². The number of rotatable bonds is 2. The first kappa shape index (κ1) is 18.0. The number of carbonyl (C=O) groups excluding carboxylic acids is 1. The van der Waals surface area contributed by atoms with Crippen molar-refractivity contribution in [3.05, 3.63) is 34.9 Å². The van der Waals surface area contributed by atoms with Gasteiger partial charge in [-0.3, -0.25) is 10.2 Å². The maximum atomic E-state index is 13.3. The molecule has 24 heavy (non-hydrogen) atoms. The van der Waals surface area contributed by atoms with E-state index in [9.17, 15) is 4.79 Å². The van der Waals surface area contributed by atoms with Gasteiger partial charge >= 0.3 is 0 Å². The Morgan fingerprint density at radius 1 is 1.12 bits per heavy atom. The summed E-state index contributed by atoms with van der Waals surface area (Å²) in [5, 5.41) is 4.17. The highest BCUT2D eigenvalue weighted by Gasteiger charge is 2.44. The van der Waals surface area contributed by atoms with Crippen molar-refractivity contribution in [1.82, 2.24) is 21.1 Å². The average Bonchev–Trinajstić information content (AvgIpc) is 3.11. The van der Waals surface area contributed by atoms with Gasteiger partial charge in [-0.2, -0.15) is 0 Å². The molecule has 3 saturated heterocycles. The van der Waals surface area contributed by atoms with Gasteiger partial charge in [0.15, 0.2) is 0 Å². The maximum Gasteiger partial charge on any atom is 0.229 e. The Morgan fingerprint density at radius 2 is 1.92 bits per heavy atom. The van der Waals surface area contributed by atoms with Crippen LogP contribution >= 0.6 is 24.0 Å². The summed E-state index contributed by atoms with van der Waals surface area (Å²) < 4.78 is 0. The van der Waals surface area contributed by atoms with Gasteiger partial charge in [0.2, 0.25) is 5.91 Å². The molecule has 3 aliphatic rings. The smallest absolute Gasteiger partial charge is 0.229 e. The van der Waals surface area contributed by atoms with Crippen LogP contribution in [0, 0.1) is 5.92 Å². The Hall–Kier alpha value is -0.850. The Bertz CT molecular complexity index is 586. The van der Waals surface area contributed by atoms with Gasteiger partial charge in [0, 0.05) is 30.2 Å². The molecule has 0 spiro atoms. The molecule has 7 heteroatoms. The molecule has 1 aromatic rings. The van der Waals surface area contributed by atoms with Crippen molar-refractivity contribution in [3.63, 3.8) is 0 Å². The number of halogens is 2. The molecule has 3 heterocycles. The Morgan fingerprint density at radius 3 is 2.75 bits per heavy atom. The largest absolute Gasteiger partial charge is 0.335 e. The number of fused-ring (bicyclic) bond motifs is 2. The number of carbonyl (C=O) groups is 1. The van der Waals surface area contributed by atoms with E-state index in [-0.39, 0.29) is 30.3 Å². The number of hydrogen-bond donors (Lipinski definition) is 3. The second-order valence-electron chi connectivity index (χ2n) is 6.75. The summed E-state index contributed by atoms with van der Waals surface area (Å²) >= 11 is 6.35. The minimum atomic E-state index is -0.101. The van der Waals surface area contributed by atoms with Gasteiger partial charge in [0.1, 0.15) is 0 Å². The number of benzene rings is 1. The maximum absolute atomic E-state index is 13.3. The zero-order valence-electron chi connectivity index (χ0n) is 13.5. The number of hydrazine groups is 1. The third kappa shape index (κ3) is 3.16. The molecule has 0 radical (unpaired) electrons. The number of amides is 1. The predicted octanol–water partition coefficient (Wildman–Crippen LogP) is 1.88. The van der Waals surface area contributed by atoms with E-state index >= 15 is 0 Å². The van der Waals surface area contributed by atoms with Crippen molar-refractivity contribution in [1.29, 1.82) is 0 Å². The minimum absolute atomic E-state index is 0. The predicted molar refractivity (Wildman–Crippen MR) is 97.2 cm³/mol. The summed E-state index contributed by atoms with van der Waals surface area (Å²) in [6.07, 6.45) is 3.32.